The van der Waals surface area contributed by atoms with E-state index < -0.39 is 114 Å². The number of aryl methyl sites for hydroxylation is 1. The van der Waals surface area contributed by atoms with Gasteiger partial charge in [-0.05, 0) is 116 Å². The predicted molar refractivity (Wildman–Crippen MR) is 287 cm³/mol. The van der Waals surface area contributed by atoms with Crippen molar-refractivity contribution in [2.45, 2.75) is 139 Å². The van der Waals surface area contributed by atoms with Crippen LogP contribution in [0.15, 0.2) is 41.0 Å². The molecule has 0 radical (unpaired) electrons. The van der Waals surface area contributed by atoms with Crippen LogP contribution < -0.4 is 77.4 Å². The molecule has 0 unspecified atom stereocenters. The monoisotopic (exact) mass is 1090 g/mol. The lowest BCUT2D eigenvalue weighted by molar-refractivity contribution is -0.137. The highest BCUT2D eigenvalue weighted by molar-refractivity contribution is 6.40. The number of carbonyl (C=O) groups excluding carboxylic acids is 8. The largest absolute Gasteiger partial charge is 0.477 e. The van der Waals surface area contributed by atoms with Crippen molar-refractivity contribution in [1.29, 1.82) is 5.41 Å². The summed E-state index contributed by atoms with van der Waals surface area (Å²) >= 11 is 0. The van der Waals surface area contributed by atoms with Crippen LogP contribution in [0.2, 0.25) is 0 Å². The van der Waals surface area contributed by atoms with Crippen molar-refractivity contribution < 1.29 is 53.4 Å². The fraction of sp³-hybridized carbons (Fsp3) is 0.612. The molecule has 0 saturated carbocycles. The maximum atomic E-state index is 14.3. The number of hydrogen-bond donors (Lipinski definition) is 17. The summed E-state index contributed by atoms with van der Waals surface area (Å²) in [6.07, 6.45) is 2.80. The van der Waals surface area contributed by atoms with Crippen LogP contribution in [0.1, 0.15) is 94.6 Å². The molecule has 0 bridgehead atoms. The van der Waals surface area contributed by atoms with E-state index >= 15 is 0 Å². The molecule has 7 atom stereocenters. The molecule has 1 saturated heterocycles. The molecule has 2 rings (SSSR count). The molecule has 0 aliphatic carbocycles. The van der Waals surface area contributed by atoms with Crippen molar-refractivity contribution in [3.05, 3.63) is 47.2 Å². The minimum Gasteiger partial charge on any atom is -0.477 e. The minimum atomic E-state index is -1.60. The van der Waals surface area contributed by atoms with Crippen molar-refractivity contribution in [1.82, 2.24) is 42.1 Å². The Labute approximate surface area is 448 Å². The van der Waals surface area contributed by atoms with Crippen LogP contribution in [0, 0.1) is 12.3 Å². The summed E-state index contributed by atoms with van der Waals surface area (Å²) in [6.45, 7) is 1.70. The molecule has 28 heteroatoms. The number of nitrogens with two attached hydrogens (primary N) is 7. The van der Waals surface area contributed by atoms with Crippen LogP contribution in [-0.2, 0) is 49.6 Å². The SMILES string of the molecule is Cc1cccc(C[C@H](NC(=O)[C@@H]2CCCN2C(=O)/C(CCCN)=N/C(=O)CNC(=O)[C@H](CCCN)NC(=O)[C@@H](NC(=O)[C@@H](N)CCCCN)[C@@H](O)CN)C(=O)N[C@@H](CCCCN)C(=O)N/C(=C\CCNC(=N)N)C(=O)O)c1. The summed E-state index contributed by atoms with van der Waals surface area (Å²) in [6, 6.07) is -0.543. The third-order valence-corrected chi connectivity index (χ3v) is 12.2. The molecule has 430 valence electrons. The first-order valence-corrected chi connectivity index (χ1v) is 25.9. The highest BCUT2D eigenvalue weighted by Crippen LogP contribution is 2.20. The smallest absolute Gasteiger partial charge is 0.352 e. The van der Waals surface area contributed by atoms with Crippen LogP contribution in [0.5, 0.6) is 0 Å². The summed E-state index contributed by atoms with van der Waals surface area (Å²) in [4.78, 5) is 127. The third-order valence-electron chi connectivity index (χ3n) is 12.2. The number of likely N-dealkylation sites (tertiary alicyclic amines) is 1. The first-order chi connectivity index (χ1) is 36.7. The maximum Gasteiger partial charge on any atom is 0.352 e. The van der Waals surface area contributed by atoms with Crippen LogP contribution in [-0.4, -0.2) is 175 Å². The lowest BCUT2D eigenvalue weighted by atomic mass is 10.0. The van der Waals surface area contributed by atoms with Crippen molar-refractivity contribution >= 4 is 64.9 Å². The summed E-state index contributed by atoms with van der Waals surface area (Å²) in [7, 11) is 0. The van der Waals surface area contributed by atoms with Crippen molar-refractivity contribution in [2.75, 3.05) is 52.4 Å². The Morgan fingerprint density at radius 1 is 0.779 bits per heavy atom. The van der Waals surface area contributed by atoms with Gasteiger partial charge in [0.15, 0.2) is 5.96 Å². The molecule has 1 aromatic carbocycles. The number of aliphatic hydroxyl groups is 1. The number of aliphatic imine (C=N–C) groups is 1. The normalized spacial score (nSPS) is 15.9. The summed E-state index contributed by atoms with van der Waals surface area (Å²) in [5.74, 6) is -8.43. The van der Waals surface area contributed by atoms with Crippen molar-refractivity contribution in [2.24, 2.45) is 45.1 Å². The Morgan fingerprint density at radius 3 is 2.04 bits per heavy atom. The van der Waals surface area contributed by atoms with Gasteiger partial charge in [-0.2, -0.15) is 0 Å². The van der Waals surface area contributed by atoms with E-state index in [1.165, 1.54) is 11.0 Å². The zero-order chi connectivity index (χ0) is 57.5. The molecular formula is C49H83N17O11. The van der Waals surface area contributed by atoms with Gasteiger partial charge in [0.05, 0.1) is 18.7 Å². The number of carboxylic acid groups (broad SMARTS) is 1. The van der Waals surface area contributed by atoms with Crippen LogP contribution in [0.25, 0.3) is 0 Å². The molecule has 1 aliphatic heterocycles. The average Bonchev–Trinajstić information content (AvgIpc) is 3.90. The quantitative estimate of drug-likeness (QED) is 0.0129. The fourth-order valence-corrected chi connectivity index (χ4v) is 8.05. The van der Waals surface area contributed by atoms with E-state index in [0.717, 1.165) is 5.56 Å². The number of nitrogens with zero attached hydrogens (tertiary/aromatic N) is 2. The molecule has 1 heterocycles. The number of guanidine groups is 1. The topological polar surface area (TPSA) is 500 Å². The number of benzene rings is 1. The lowest BCUT2D eigenvalue weighted by Gasteiger charge is -2.28. The summed E-state index contributed by atoms with van der Waals surface area (Å²) in [5, 5.41) is 45.3. The second kappa shape index (κ2) is 36.1. The van der Waals surface area contributed by atoms with Gasteiger partial charge in [-0.25, -0.2) is 9.79 Å². The predicted octanol–water partition coefficient (Wildman–Crippen LogP) is -5.11. The van der Waals surface area contributed by atoms with E-state index in [9.17, 15) is 53.4 Å². The average molecular weight is 1090 g/mol. The molecule has 1 aliphatic rings. The molecule has 8 amide bonds. The Balaban J connectivity index is 2.36. The zero-order valence-electron chi connectivity index (χ0n) is 44.0. The number of aliphatic hydroxyl groups excluding tert-OH is 1. The Morgan fingerprint density at radius 2 is 1.42 bits per heavy atom. The van der Waals surface area contributed by atoms with E-state index in [-0.39, 0.29) is 102 Å². The first-order valence-electron chi connectivity index (χ1n) is 25.9. The molecule has 77 heavy (non-hydrogen) atoms. The van der Waals surface area contributed by atoms with Gasteiger partial charge in [0, 0.05) is 26.1 Å². The van der Waals surface area contributed by atoms with E-state index in [1.807, 2.05) is 13.0 Å². The molecule has 24 N–H and O–H groups in total. The second-order valence-electron chi connectivity index (χ2n) is 18.5. The summed E-state index contributed by atoms with van der Waals surface area (Å²) in [5.41, 5.74) is 40.4. The van der Waals surface area contributed by atoms with Gasteiger partial charge >= 0.3 is 5.97 Å². The van der Waals surface area contributed by atoms with Gasteiger partial charge in [-0.15, -0.1) is 0 Å². The maximum absolute atomic E-state index is 14.3. The first kappa shape index (κ1) is 66.2. The Bertz CT molecular complexity index is 2210. The Kier molecular flexibility index (Phi) is 31.1. The van der Waals surface area contributed by atoms with Gasteiger partial charge in [-0.3, -0.25) is 43.8 Å². The number of rotatable bonds is 36. The lowest BCUT2D eigenvalue weighted by Crippen LogP contribution is -2.60. The van der Waals surface area contributed by atoms with Crippen LogP contribution >= 0.6 is 0 Å². The Hall–Kier alpha value is -6.95. The standard InChI is InChI=1S/C49H83N17O11/c1-29-11-6-12-30(25-29)26-36(44(72)61-33(14-3-5-20-51)43(71)63-35(48(76)77)17-9-23-58-49(56)57)64-45(73)37-18-10-24-66(37)47(75)34(16-8-22-53)60-39(68)28-59-42(70)32(15-7-21-52)62-46(74)40(38(67)27-54)65-41(69)31(55)13-2-4-19-50/h6,11-12,17,25,31-33,36-38,40,67H,2-5,7-10,13-16,18-24,26-28,50-55H2,1H3,(H,59,70)(H,61,72)(H,62,74)(H,63,71)(H,64,73)(H,65,69)(H,76,77)(H4,56,57,58)/b35-17-,60-34+/t31-,32-,33-,36-,37-,38-,40-/m0/s1. The fourth-order valence-electron chi connectivity index (χ4n) is 8.05. The highest BCUT2D eigenvalue weighted by atomic mass is 16.4. The number of hydrogen-bond acceptors (Lipinski definition) is 17. The third kappa shape index (κ3) is 24.3. The van der Waals surface area contributed by atoms with E-state index in [1.54, 1.807) is 18.2 Å². The number of amides is 8. The zero-order valence-corrected chi connectivity index (χ0v) is 44.0. The van der Waals surface area contributed by atoms with Crippen LogP contribution in [0.4, 0.5) is 0 Å². The number of aliphatic carboxylic acids is 1. The van der Waals surface area contributed by atoms with E-state index in [0.29, 0.717) is 44.2 Å². The second-order valence-corrected chi connectivity index (χ2v) is 18.5. The van der Waals surface area contributed by atoms with E-state index in [2.05, 4.69) is 42.2 Å². The van der Waals surface area contributed by atoms with Gasteiger partial charge in [0.25, 0.3) is 11.8 Å². The van der Waals surface area contributed by atoms with Crippen molar-refractivity contribution in [3.63, 3.8) is 0 Å². The molecule has 0 spiro atoms. The van der Waals surface area contributed by atoms with Crippen molar-refractivity contribution in [3.8, 4) is 0 Å². The highest BCUT2D eigenvalue weighted by Gasteiger charge is 2.39. The van der Waals surface area contributed by atoms with Gasteiger partial charge in [0.1, 0.15) is 41.6 Å². The van der Waals surface area contributed by atoms with Gasteiger partial charge in [-0.1, -0.05) is 42.3 Å². The van der Waals surface area contributed by atoms with Gasteiger partial charge < -0.3 is 92.5 Å². The van der Waals surface area contributed by atoms with E-state index in [4.69, 9.17) is 45.5 Å². The molecule has 1 fully saturated rings. The molecule has 1 aromatic rings. The van der Waals surface area contributed by atoms with Gasteiger partial charge in [0.2, 0.25) is 35.4 Å². The molecule has 0 aromatic heterocycles. The minimum absolute atomic E-state index is 0.0192. The number of nitrogens with one attached hydrogen (secondary N) is 8. The number of carboxylic acids is 1. The van der Waals surface area contributed by atoms with Crippen LogP contribution in [0.3, 0.4) is 0 Å². The molecular weight excluding hydrogens is 1000 g/mol. The molecule has 28 nitrogen and oxygen atoms in total. The summed E-state index contributed by atoms with van der Waals surface area (Å²) < 4.78 is 0. The number of carbonyl (C=O) groups is 9. The number of unbranched alkanes of at least 4 members (excludes halogenated alkanes) is 2.